The fraction of sp³-hybridized carbons (Fsp3) is 0.0154. The van der Waals surface area contributed by atoms with Crippen LogP contribution < -0.4 is 9.80 Å². The highest BCUT2D eigenvalue weighted by Crippen LogP contribution is 2.66. The summed E-state index contributed by atoms with van der Waals surface area (Å²) < 4.78 is 2.41. The number of benzene rings is 11. The Bertz CT molecular complexity index is 3890. The van der Waals surface area contributed by atoms with Crippen molar-refractivity contribution >= 4 is 66.7 Å². The molecule has 0 saturated carbocycles. The Morgan fingerprint density at radius 2 is 0.824 bits per heavy atom. The molecule has 1 spiro atoms. The number of aromatic nitrogens is 1. The van der Waals surface area contributed by atoms with Crippen molar-refractivity contribution in [1.82, 2.24) is 4.57 Å². The molecule has 1 aromatic heterocycles. The Labute approximate surface area is 395 Å². The summed E-state index contributed by atoms with van der Waals surface area (Å²) in [7, 11) is 0. The molecule has 0 saturated heterocycles. The van der Waals surface area contributed by atoms with Gasteiger partial charge in [-0.25, -0.2) is 0 Å². The largest absolute Gasteiger partial charge is 0.310 e. The molecule has 0 fully saturated rings. The lowest BCUT2D eigenvalue weighted by Gasteiger charge is -2.36. The van der Waals surface area contributed by atoms with Gasteiger partial charge in [0.2, 0.25) is 0 Å². The maximum atomic E-state index is 2.46. The van der Waals surface area contributed by atoms with Gasteiger partial charge < -0.3 is 14.4 Å². The van der Waals surface area contributed by atoms with E-state index in [0.29, 0.717) is 0 Å². The van der Waals surface area contributed by atoms with Gasteiger partial charge in [-0.3, -0.25) is 0 Å². The van der Waals surface area contributed by atoms with Crippen LogP contribution >= 0.6 is 0 Å². The summed E-state index contributed by atoms with van der Waals surface area (Å²) in [6.07, 6.45) is 0. The number of anilines is 6. The van der Waals surface area contributed by atoms with Crippen LogP contribution in [0.25, 0.3) is 60.5 Å². The molecule has 1 heterocycles. The number of fused-ring (bicyclic) bond motifs is 14. The third-order valence-corrected chi connectivity index (χ3v) is 14.5. The van der Waals surface area contributed by atoms with Gasteiger partial charge in [0.25, 0.3) is 0 Å². The molecule has 11 aromatic carbocycles. The van der Waals surface area contributed by atoms with Crippen molar-refractivity contribution in [1.29, 1.82) is 0 Å². The van der Waals surface area contributed by atoms with E-state index < -0.39 is 5.41 Å². The van der Waals surface area contributed by atoms with E-state index in [4.69, 9.17) is 0 Å². The Kier molecular flexibility index (Phi) is 8.50. The minimum absolute atomic E-state index is 0.585. The summed E-state index contributed by atoms with van der Waals surface area (Å²) >= 11 is 0. The van der Waals surface area contributed by atoms with Gasteiger partial charge in [0.05, 0.1) is 22.1 Å². The molecule has 2 aliphatic rings. The van der Waals surface area contributed by atoms with E-state index in [1.54, 1.807) is 0 Å². The zero-order valence-electron chi connectivity index (χ0n) is 37.2. The van der Waals surface area contributed by atoms with E-state index in [2.05, 4.69) is 275 Å². The van der Waals surface area contributed by atoms with Crippen LogP contribution in [0.15, 0.2) is 261 Å². The van der Waals surface area contributed by atoms with Gasteiger partial charge in [0.1, 0.15) is 0 Å². The first-order valence-corrected chi connectivity index (χ1v) is 23.5. The van der Waals surface area contributed by atoms with Gasteiger partial charge in [-0.05, 0) is 135 Å². The second-order valence-electron chi connectivity index (χ2n) is 18.0. The van der Waals surface area contributed by atoms with Gasteiger partial charge in [-0.2, -0.15) is 0 Å². The highest BCUT2D eigenvalue weighted by molar-refractivity contribution is 6.11. The first-order valence-electron chi connectivity index (χ1n) is 23.5. The van der Waals surface area contributed by atoms with E-state index in [-0.39, 0.29) is 0 Å². The average molecular weight is 866 g/mol. The van der Waals surface area contributed by atoms with Gasteiger partial charge in [-0.1, -0.05) is 176 Å². The molecule has 1 atom stereocenters. The molecule has 0 N–H and O–H groups in total. The van der Waals surface area contributed by atoms with Crippen LogP contribution in [0.1, 0.15) is 22.3 Å². The predicted molar refractivity (Wildman–Crippen MR) is 284 cm³/mol. The summed E-state index contributed by atoms with van der Waals surface area (Å²) in [5, 5.41) is 4.89. The first kappa shape index (κ1) is 38.4. The van der Waals surface area contributed by atoms with E-state index in [1.807, 2.05) is 0 Å². The van der Waals surface area contributed by atoms with Crippen molar-refractivity contribution in [2.75, 3.05) is 9.80 Å². The number of hydrogen-bond acceptors (Lipinski definition) is 2. The molecular formula is C65H43N3. The summed E-state index contributed by atoms with van der Waals surface area (Å²) in [5.74, 6) is 0. The van der Waals surface area contributed by atoms with E-state index >= 15 is 0 Å². The Balaban J connectivity index is 1.03. The lowest BCUT2D eigenvalue weighted by atomic mass is 9.70. The monoisotopic (exact) mass is 865 g/mol. The summed E-state index contributed by atoms with van der Waals surface area (Å²) in [6.45, 7) is 0. The molecule has 0 radical (unpaired) electrons. The SMILES string of the molecule is c1ccc(N(c2ccccc2)c2cccc3c2C2(c4ccccc4-c4cc(N(c5ccc6ccccc6c5)c5ccc6c7ccccc7n(-c7ccccc7)c6c5)ccc42)c2ccccc2-3)cc1. The van der Waals surface area contributed by atoms with Gasteiger partial charge in [-0.15, -0.1) is 0 Å². The number of nitrogens with zero attached hydrogens (tertiary/aromatic N) is 3. The quantitative estimate of drug-likeness (QED) is 0.158. The fourth-order valence-corrected chi connectivity index (χ4v) is 11.8. The van der Waals surface area contributed by atoms with Crippen LogP contribution in [0.2, 0.25) is 0 Å². The molecular weight excluding hydrogens is 823 g/mol. The van der Waals surface area contributed by atoms with Crippen LogP contribution in [0.5, 0.6) is 0 Å². The zero-order chi connectivity index (χ0) is 44.8. The molecule has 3 heteroatoms. The lowest BCUT2D eigenvalue weighted by molar-refractivity contribution is 0.793. The third kappa shape index (κ3) is 5.54. The van der Waals surface area contributed by atoms with E-state index in [0.717, 1.165) is 34.1 Å². The fourth-order valence-electron chi connectivity index (χ4n) is 11.8. The van der Waals surface area contributed by atoms with Crippen molar-refractivity contribution in [2.45, 2.75) is 5.41 Å². The maximum absolute atomic E-state index is 2.46. The molecule has 2 aliphatic carbocycles. The first-order chi connectivity index (χ1) is 33.8. The predicted octanol–water partition coefficient (Wildman–Crippen LogP) is 17.2. The van der Waals surface area contributed by atoms with Gasteiger partial charge in [0, 0.05) is 50.5 Å². The second kappa shape index (κ2) is 15.1. The Hall–Kier alpha value is -8.92. The van der Waals surface area contributed by atoms with Crippen molar-refractivity contribution in [3.8, 4) is 27.9 Å². The summed E-state index contributed by atoms with van der Waals surface area (Å²) in [5.41, 5.74) is 19.9. The summed E-state index contributed by atoms with van der Waals surface area (Å²) in [4.78, 5) is 4.91. The van der Waals surface area contributed by atoms with E-state index in [1.165, 1.54) is 82.8 Å². The van der Waals surface area contributed by atoms with Crippen molar-refractivity contribution < 1.29 is 0 Å². The van der Waals surface area contributed by atoms with Crippen LogP contribution in [-0.2, 0) is 5.41 Å². The normalized spacial score (nSPS) is 14.2. The minimum Gasteiger partial charge on any atom is -0.310 e. The second-order valence-corrected chi connectivity index (χ2v) is 18.0. The molecule has 318 valence electrons. The zero-order valence-corrected chi connectivity index (χ0v) is 37.2. The molecule has 0 aliphatic heterocycles. The Morgan fingerprint density at radius 3 is 1.57 bits per heavy atom. The molecule has 1 unspecified atom stereocenters. The standard InChI is InChI=1S/C65H43N3/c1-4-21-46(22-5-1)67(47-23-6-2-7-24-47)62-34-18-30-56-52-27-12-15-31-58(52)65(64(56)62)59-32-16-13-28-53(59)57-42-50(38-40-60(57)65)66(49-36-35-44-19-10-11-20-45(44)41-49)51-37-39-55-54-29-14-17-33-61(54)68(63(55)43-51)48-25-8-3-9-26-48/h1-43H. The van der Waals surface area contributed by atoms with Gasteiger partial charge >= 0.3 is 0 Å². The number of rotatable bonds is 7. The highest BCUT2D eigenvalue weighted by atomic mass is 15.2. The average Bonchev–Trinajstić information content (AvgIpc) is 4.01. The minimum atomic E-state index is -0.585. The highest BCUT2D eigenvalue weighted by Gasteiger charge is 2.53. The maximum Gasteiger partial charge on any atom is 0.0746 e. The van der Waals surface area contributed by atoms with Crippen LogP contribution in [0.4, 0.5) is 34.1 Å². The van der Waals surface area contributed by atoms with Crippen molar-refractivity contribution in [2.24, 2.45) is 0 Å². The molecule has 68 heavy (non-hydrogen) atoms. The van der Waals surface area contributed by atoms with Gasteiger partial charge in [0.15, 0.2) is 0 Å². The van der Waals surface area contributed by atoms with Crippen molar-refractivity contribution in [3.05, 3.63) is 283 Å². The molecule has 0 bridgehead atoms. The van der Waals surface area contributed by atoms with Crippen LogP contribution in [0, 0.1) is 0 Å². The Morgan fingerprint density at radius 1 is 0.294 bits per heavy atom. The molecule has 12 aromatic rings. The molecule has 3 nitrogen and oxygen atoms in total. The number of hydrogen-bond donors (Lipinski definition) is 0. The smallest absolute Gasteiger partial charge is 0.0746 e. The van der Waals surface area contributed by atoms with Crippen LogP contribution in [0.3, 0.4) is 0 Å². The van der Waals surface area contributed by atoms with E-state index in [9.17, 15) is 0 Å². The van der Waals surface area contributed by atoms with Crippen LogP contribution in [-0.4, -0.2) is 4.57 Å². The van der Waals surface area contributed by atoms with Crippen molar-refractivity contribution in [3.63, 3.8) is 0 Å². The third-order valence-electron chi connectivity index (χ3n) is 14.5. The molecule has 0 amide bonds. The summed E-state index contributed by atoms with van der Waals surface area (Å²) in [6, 6.07) is 96.2. The lowest BCUT2D eigenvalue weighted by Crippen LogP contribution is -2.28. The number of para-hydroxylation sites is 4. The topological polar surface area (TPSA) is 11.4 Å². The molecule has 14 rings (SSSR count).